The van der Waals surface area contributed by atoms with Crippen LogP contribution in [-0.4, -0.2) is 10.8 Å². The van der Waals surface area contributed by atoms with E-state index in [0.717, 1.165) is 0 Å². The van der Waals surface area contributed by atoms with E-state index in [-0.39, 0.29) is 16.5 Å². The van der Waals surface area contributed by atoms with Gasteiger partial charge in [0.2, 0.25) is 11.6 Å². The third kappa shape index (κ3) is 4.01. The van der Waals surface area contributed by atoms with Crippen molar-refractivity contribution >= 4 is 12.0 Å². The van der Waals surface area contributed by atoms with Crippen LogP contribution in [0.2, 0.25) is 0 Å². The average molecular weight is 248 g/mol. The van der Waals surface area contributed by atoms with E-state index in [4.69, 9.17) is 5.73 Å². The van der Waals surface area contributed by atoms with Gasteiger partial charge in [-0.2, -0.15) is 0 Å². The van der Waals surface area contributed by atoms with Crippen molar-refractivity contribution in [2.24, 2.45) is 11.7 Å². The number of primary amides is 1. The molecule has 0 radical (unpaired) electrons. The molecule has 0 saturated carbocycles. The minimum absolute atomic E-state index is 0.164. The molecule has 0 aliphatic carbocycles. The Balaban J connectivity index is 2.97. The molecule has 0 atom stereocenters. The predicted octanol–water partition coefficient (Wildman–Crippen LogP) is 2.45. The summed E-state index contributed by atoms with van der Waals surface area (Å²) in [6.45, 7) is 3.85. The number of benzene rings is 1. The molecule has 96 valence electrons. The van der Waals surface area contributed by atoms with Crippen molar-refractivity contribution in [3.63, 3.8) is 0 Å². The number of hydrogen-bond acceptors (Lipinski definition) is 3. The van der Waals surface area contributed by atoms with Crippen LogP contribution in [0, 0.1) is 16.0 Å². The summed E-state index contributed by atoms with van der Waals surface area (Å²) in [6.07, 6.45) is 1.93. The van der Waals surface area contributed by atoms with Crippen molar-refractivity contribution in [1.82, 2.24) is 0 Å². The largest absolute Gasteiger partial charge is 0.366 e. The van der Waals surface area contributed by atoms with E-state index >= 15 is 0 Å². The van der Waals surface area contributed by atoms with Gasteiger partial charge in [0.1, 0.15) is 0 Å². The molecule has 0 saturated heterocycles. The zero-order chi connectivity index (χ0) is 13.7. The Morgan fingerprint density at radius 1 is 1.39 bits per heavy atom. The Morgan fingerprint density at radius 2 is 1.94 bits per heavy atom. The zero-order valence-electron chi connectivity index (χ0n) is 10.4. The summed E-state index contributed by atoms with van der Waals surface area (Å²) in [6, 6.07) is 6.40. The molecule has 2 N–H and O–H groups in total. The molecule has 5 heteroatoms. The monoisotopic (exact) mass is 248 g/mol. The molecule has 0 fully saturated rings. The van der Waals surface area contributed by atoms with Gasteiger partial charge in [-0.25, -0.2) is 0 Å². The van der Waals surface area contributed by atoms with Crippen LogP contribution in [0.1, 0.15) is 36.2 Å². The minimum atomic E-state index is -0.512. The molecule has 0 aliphatic rings. The first-order valence-corrected chi connectivity index (χ1v) is 5.65. The van der Waals surface area contributed by atoms with Crippen molar-refractivity contribution in [2.75, 3.05) is 0 Å². The lowest BCUT2D eigenvalue weighted by Gasteiger charge is -2.02. The molecule has 0 spiro atoms. The van der Waals surface area contributed by atoms with Crippen LogP contribution in [0.15, 0.2) is 30.0 Å². The lowest BCUT2D eigenvalue weighted by molar-refractivity contribution is -0.427. The second-order valence-corrected chi connectivity index (χ2v) is 4.48. The van der Waals surface area contributed by atoms with Crippen LogP contribution in [0.25, 0.3) is 6.08 Å². The van der Waals surface area contributed by atoms with E-state index in [1.807, 2.05) is 13.8 Å². The molecule has 5 nitrogen and oxygen atoms in total. The molecule has 18 heavy (non-hydrogen) atoms. The van der Waals surface area contributed by atoms with Crippen LogP contribution >= 0.6 is 0 Å². The molecule has 1 rings (SSSR count). The number of nitro groups is 1. The quantitative estimate of drug-likeness (QED) is 0.641. The van der Waals surface area contributed by atoms with Crippen molar-refractivity contribution < 1.29 is 9.72 Å². The van der Waals surface area contributed by atoms with Crippen molar-refractivity contribution in [3.8, 4) is 0 Å². The van der Waals surface area contributed by atoms with Crippen LogP contribution in [-0.2, 0) is 0 Å². The van der Waals surface area contributed by atoms with Gasteiger partial charge in [-0.3, -0.25) is 14.9 Å². The Morgan fingerprint density at radius 3 is 2.33 bits per heavy atom. The molecule has 1 aromatic carbocycles. The van der Waals surface area contributed by atoms with Crippen molar-refractivity contribution in [3.05, 3.63) is 51.2 Å². The molecule has 0 unspecified atom stereocenters. The number of allylic oxidation sites excluding steroid dienone is 1. The van der Waals surface area contributed by atoms with Gasteiger partial charge in [0, 0.05) is 18.1 Å². The first-order valence-electron chi connectivity index (χ1n) is 5.65. The van der Waals surface area contributed by atoms with Gasteiger partial charge in [0.15, 0.2) is 0 Å². The third-order valence-corrected chi connectivity index (χ3v) is 2.38. The highest BCUT2D eigenvalue weighted by Crippen LogP contribution is 2.16. The number of carbonyl (C=O) groups excluding carboxylic acids is 1. The predicted molar refractivity (Wildman–Crippen MR) is 69.4 cm³/mol. The van der Waals surface area contributed by atoms with Crippen LogP contribution in [0.4, 0.5) is 0 Å². The van der Waals surface area contributed by atoms with Crippen LogP contribution < -0.4 is 5.73 Å². The van der Waals surface area contributed by atoms with E-state index in [1.54, 1.807) is 24.3 Å². The molecular formula is C13H16N2O3. The highest BCUT2D eigenvalue weighted by Gasteiger charge is 2.12. The minimum Gasteiger partial charge on any atom is -0.366 e. The zero-order valence-corrected chi connectivity index (χ0v) is 10.4. The second-order valence-electron chi connectivity index (χ2n) is 4.48. The Hall–Kier alpha value is -2.17. The molecule has 0 heterocycles. The maximum Gasteiger partial charge on any atom is 0.248 e. The Kier molecular flexibility index (Phi) is 4.59. The smallest absolute Gasteiger partial charge is 0.248 e. The lowest BCUT2D eigenvalue weighted by atomic mass is 10.1. The first-order chi connectivity index (χ1) is 8.40. The summed E-state index contributed by atoms with van der Waals surface area (Å²) >= 11 is 0. The van der Waals surface area contributed by atoms with Crippen LogP contribution in [0.3, 0.4) is 0 Å². The summed E-state index contributed by atoms with van der Waals surface area (Å²) in [5, 5.41) is 10.9. The molecular weight excluding hydrogens is 232 g/mol. The van der Waals surface area contributed by atoms with Gasteiger partial charge in [-0.1, -0.05) is 26.0 Å². The van der Waals surface area contributed by atoms with Gasteiger partial charge in [-0.15, -0.1) is 0 Å². The Labute approximate surface area is 105 Å². The maximum absolute atomic E-state index is 10.9. The molecule has 0 aliphatic heterocycles. The fourth-order valence-electron chi connectivity index (χ4n) is 1.54. The summed E-state index contributed by atoms with van der Waals surface area (Å²) < 4.78 is 0. The highest BCUT2D eigenvalue weighted by atomic mass is 16.6. The lowest BCUT2D eigenvalue weighted by Crippen LogP contribution is -2.10. The van der Waals surface area contributed by atoms with E-state index in [0.29, 0.717) is 17.5 Å². The number of carbonyl (C=O) groups is 1. The van der Waals surface area contributed by atoms with Gasteiger partial charge < -0.3 is 5.73 Å². The van der Waals surface area contributed by atoms with Gasteiger partial charge in [-0.05, 0) is 23.6 Å². The third-order valence-electron chi connectivity index (χ3n) is 2.38. The standard InChI is InChI=1S/C13H16N2O3/c1-9(2)7-12(15(17)18)8-10-3-5-11(6-4-10)13(14)16/h3-6,8-9H,7H2,1-2H3,(H2,14,16). The molecule has 1 aromatic rings. The SMILES string of the molecule is CC(C)CC(=Cc1ccc(C(N)=O)cc1)[N+](=O)[O-]. The van der Waals surface area contributed by atoms with E-state index in [9.17, 15) is 14.9 Å². The summed E-state index contributed by atoms with van der Waals surface area (Å²) in [5.74, 6) is -0.297. The van der Waals surface area contributed by atoms with E-state index < -0.39 is 5.91 Å². The van der Waals surface area contributed by atoms with Gasteiger partial charge in [0.25, 0.3) is 0 Å². The molecule has 1 amide bonds. The maximum atomic E-state index is 10.9. The topological polar surface area (TPSA) is 86.2 Å². The van der Waals surface area contributed by atoms with Crippen molar-refractivity contribution in [2.45, 2.75) is 20.3 Å². The first kappa shape index (κ1) is 13.9. The Bertz CT molecular complexity index is 476. The van der Waals surface area contributed by atoms with Crippen LogP contribution in [0.5, 0.6) is 0 Å². The molecule has 0 bridgehead atoms. The second kappa shape index (κ2) is 5.95. The average Bonchev–Trinajstić information content (AvgIpc) is 2.28. The van der Waals surface area contributed by atoms with Gasteiger partial charge >= 0.3 is 0 Å². The normalized spacial score (nSPS) is 11.6. The fraction of sp³-hybridized carbons (Fsp3) is 0.308. The summed E-state index contributed by atoms with van der Waals surface area (Å²) in [7, 11) is 0. The van der Waals surface area contributed by atoms with E-state index in [1.165, 1.54) is 6.08 Å². The number of rotatable bonds is 5. The van der Waals surface area contributed by atoms with Crippen molar-refractivity contribution in [1.29, 1.82) is 0 Å². The summed E-state index contributed by atoms with van der Waals surface area (Å²) in [5.41, 5.74) is 6.36. The van der Waals surface area contributed by atoms with Gasteiger partial charge in [0.05, 0.1) is 4.92 Å². The fourth-order valence-corrected chi connectivity index (χ4v) is 1.54. The highest BCUT2D eigenvalue weighted by molar-refractivity contribution is 5.92. The number of nitrogens with zero attached hydrogens (tertiary/aromatic N) is 1. The summed E-state index contributed by atoms with van der Waals surface area (Å²) in [4.78, 5) is 21.4. The number of amides is 1. The number of nitrogens with two attached hydrogens (primary N) is 1. The molecule has 0 aromatic heterocycles. The number of hydrogen-bond donors (Lipinski definition) is 1. The van der Waals surface area contributed by atoms with E-state index in [2.05, 4.69) is 0 Å².